The summed E-state index contributed by atoms with van der Waals surface area (Å²) in [5.41, 5.74) is 4.93. The van der Waals surface area contributed by atoms with Crippen LogP contribution in [0.1, 0.15) is 42.5 Å². The lowest BCUT2D eigenvalue weighted by Crippen LogP contribution is -2.40. The Hall–Kier alpha value is -2.79. The number of halogens is 1. The van der Waals surface area contributed by atoms with E-state index >= 15 is 0 Å². The predicted molar refractivity (Wildman–Crippen MR) is 130 cm³/mol. The Morgan fingerprint density at radius 3 is 2.56 bits per heavy atom. The van der Waals surface area contributed by atoms with E-state index < -0.39 is 11.0 Å². The van der Waals surface area contributed by atoms with Crippen molar-refractivity contribution in [3.05, 3.63) is 70.3 Å². The Balaban J connectivity index is 1.79. The van der Waals surface area contributed by atoms with Crippen molar-refractivity contribution in [1.29, 1.82) is 0 Å². The van der Waals surface area contributed by atoms with Gasteiger partial charge in [0.05, 0.1) is 11.0 Å². The van der Waals surface area contributed by atoms with E-state index in [4.69, 9.17) is 11.6 Å². The van der Waals surface area contributed by atoms with Crippen LogP contribution in [0.5, 0.6) is 0 Å². The van der Waals surface area contributed by atoms with Gasteiger partial charge in [-0.2, -0.15) is 0 Å². The normalized spacial score (nSPS) is 21.6. The summed E-state index contributed by atoms with van der Waals surface area (Å²) in [7, 11) is 1.82. The molecule has 0 radical (unpaired) electrons. The average Bonchev–Trinajstić information content (AvgIpc) is 3.26. The predicted octanol–water partition coefficient (Wildman–Crippen LogP) is 4.94. The number of hydrogen-bond donors (Lipinski definition) is 1. The number of rotatable bonds is 4. The summed E-state index contributed by atoms with van der Waals surface area (Å²) in [6.45, 7) is 12.7. The van der Waals surface area contributed by atoms with Crippen LogP contribution >= 0.6 is 11.6 Å². The second-order valence-electron chi connectivity index (χ2n) is 9.51. The van der Waals surface area contributed by atoms with Gasteiger partial charge in [-0.15, -0.1) is 0 Å². The van der Waals surface area contributed by atoms with E-state index in [0.29, 0.717) is 13.1 Å². The van der Waals surface area contributed by atoms with Crippen LogP contribution in [0.15, 0.2) is 43.0 Å². The molecule has 1 saturated heterocycles. The molecule has 1 fully saturated rings. The third-order valence-corrected chi connectivity index (χ3v) is 7.69. The molecule has 0 aliphatic carbocycles. The average molecular weight is 452 g/mol. The van der Waals surface area contributed by atoms with Gasteiger partial charge >= 0.3 is 0 Å². The lowest BCUT2D eigenvalue weighted by molar-refractivity contribution is -0.125. The van der Waals surface area contributed by atoms with Gasteiger partial charge in [0.25, 0.3) is 0 Å². The summed E-state index contributed by atoms with van der Waals surface area (Å²) in [6.07, 6.45) is 2.10. The van der Waals surface area contributed by atoms with Gasteiger partial charge in [-0.3, -0.25) is 9.59 Å². The zero-order valence-corrected chi connectivity index (χ0v) is 20.1. The lowest BCUT2D eigenvalue weighted by Gasteiger charge is -2.34. The molecule has 1 N–H and O–H groups in total. The zero-order chi connectivity index (χ0) is 23.4. The fourth-order valence-corrected chi connectivity index (χ4v) is 5.36. The molecule has 2 aliphatic heterocycles. The van der Waals surface area contributed by atoms with Gasteiger partial charge in [-0.05, 0) is 74.6 Å². The molecule has 6 heteroatoms. The largest absolute Gasteiger partial charge is 0.374 e. The van der Waals surface area contributed by atoms with E-state index in [1.54, 1.807) is 4.90 Å². The molecule has 2 aromatic carbocycles. The van der Waals surface area contributed by atoms with Gasteiger partial charge in [-0.25, -0.2) is 0 Å². The number of hydrogen-bond acceptors (Lipinski definition) is 3. The number of carbonyl (C=O) groups is 2. The summed E-state index contributed by atoms with van der Waals surface area (Å²) in [5, 5.41) is 4.48. The summed E-state index contributed by atoms with van der Waals surface area (Å²) in [4.78, 5) is 28.7. The van der Waals surface area contributed by atoms with Crippen LogP contribution in [0.3, 0.4) is 0 Å². The Morgan fingerprint density at radius 2 is 1.88 bits per heavy atom. The molecule has 0 spiro atoms. The minimum absolute atomic E-state index is 0.0782. The molecule has 0 unspecified atom stereocenters. The Bertz CT molecular complexity index is 1140. The number of fused-ring (bicyclic) bond motifs is 1. The molecule has 168 valence electrons. The summed E-state index contributed by atoms with van der Waals surface area (Å²) < 4.78 is 0. The topological polar surface area (TPSA) is 52.7 Å². The highest BCUT2D eigenvalue weighted by Gasteiger charge is 2.44. The molecule has 4 rings (SSSR count). The van der Waals surface area contributed by atoms with Crippen LogP contribution in [-0.2, 0) is 20.5 Å². The first-order valence-electron chi connectivity index (χ1n) is 10.9. The summed E-state index contributed by atoms with van der Waals surface area (Å²) >= 11 is 6.63. The van der Waals surface area contributed by atoms with Gasteiger partial charge in [-0.1, -0.05) is 36.4 Å². The number of amides is 2. The van der Waals surface area contributed by atoms with E-state index in [-0.39, 0.29) is 11.8 Å². The monoisotopic (exact) mass is 451 g/mol. The molecule has 32 heavy (non-hydrogen) atoms. The molecular weight excluding hydrogens is 422 g/mol. The van der Waals surface area contributed by atoms with Gasteiger partial charge in [0, 0.05) is 36.5 Å². The van der Waals surface area contributed by atoms with E-state index in [1.807, 2.05) is 63.9 Å². The molecule has 5 nitrogen and oxygen atoms in total. The first-order valence-corrected chi connectivity index (χ1v) is 11.3. The number of nitrogens with one attached hydrogen (secondary N) is 1. The fourth-order valence-electron chi connectivity index (χ4n) is 5.19. The minimum Gasteiger partial charge on any atom is -0.374 e. The number of carbonyl (C=O) groups excluding carboxylic acids is 2. The Labute approximate surface area is 195 Å². The zero-order valence-electron chi connectivity index (χ0n) is 19.4. The van der Waals surface area contributed by atoms with Crippen molar-refractivity contribution < 1.29 is 9.59 Å². The molecule has 2 heterocycles. The SMILES string of the molecule is C=CC(=O)N1CC[C@](Nc2ccc3c(c2)N(C)C(=O)C3(C)C)(c2ccc(C)c(Cl)c2C)C1. The third kappa shape index (κ3) is 3.30. The van der Waals surface area contributed by atoms with Crippen molar-refractivity contribution >= 4 is 34.8 Å². The highest BCUT2D eigenvalue weighted by atomic mass is 35.5. The number of anilines is 2. The number of benzene rings is 2. The van der Waals surface area contributed by atoms with Crippen LogP contribution in [0.25, 0.3) is 0 Å². The van der Waals surface area contributed by atoms with E-state index in [0.717, 1.165) is 45.1 Å². The number of aryl methyl sites for hydroxylation is 1. The van der Waals surface area contributed by atoms with Crippen molar-refractivity contribution in [2.24, 2.45) is 0 Å². The van der Waals surface area contributed by atoms with Gasteiger partial charge < -0.3 is 15.1 Å². The number of nitrogens with zero attached hydrogens (tertiary/aromatic N) is 2. The summed E-state index contributed by atoms with van der Waals surface area (Å²) in [5.74, 6) is 0.00900. The Kier molecular flexibility index (Phi) is 5.36. The van der Waals surface area contributed by atoms with Gasteiger partial charge in [0.15, 0.2) is 0 Å². The van der Waals surface area contributed by atoms with E-state index in [2.05, 4.69) is 18.0 Å². The maximum atomic E-state index is 12.7. The molecule has 0 bridgehead atoms. The van der Waals surface area contributed by atoms with Crippen LogP contribution < -0.4 is 10.2 Å². The van der Waals surface area contributed by atoms with Crippen molar-refractivity contribution in [3.8, 4) is 0 Å². The summed E-state index contributed by atoms with van der Waals surface area (Å²) in [6, 6.07) is 10.2. The molecule has 2 aromatic rings. The van der Waals surface area contributed by atoms with Crippen LogP contribution in [-0.4, -0.2) is 36.9 Å². The molecule has 2 aliphatic rings. The van der Waals surface area contributed by atoms with Crippen molar-refractivity contribution in [2.75, 3.05) is 30.4 Å². The van der Waals surface area contributed by atoms with Crippen LogP contribution in [0, 0.1) is 13.8 Å². The molecule has 0 saturated carbocycles. The lowest BCUT2D eigenvalue weighted by atomic mass is 9.84. The molecule has 2 amide bonds. The van der Waals surface area contributed by atoms with Crippen LogP contribution in [0.4, 0.5) is 11.4 Å². The Morgan fingerprint density at radius 1 is 1.19 bits per heavy atom. The maximum Gasteiger partial charge on any atom is 0.246 e. The standard InChI is InChI=1S/C26H30ClN3O2/c1-7-22(31)30-13-12-26(15-30,19-10-8-16(2)23(27)17(19)3)28-18-9-11-20-21(14-18)29(6)24(32)25(20,4)5/h7-11,14,28H,1,12-13,15H2,2-6H3/t26-/m1/s1. The highest BCUT2D eigenvalue weighted by Crippen LogP contribution is 2.44. The van der Waals surface area contributed by atoms with Crippen molar-refractivity contribution in [3.63, 3.8) is 0 Å². The number of likely N-dealkylation sites (tertiary alicyclic amines) is 1. The first-order chi connectivity index (χ1) is 15.0. The number of likely N-dealkylation sites (N-methyl/N-ethyl adjacent to an activating group) is 1. The molecular formula is C26H30ClN3O2. The smallest absolute Gasteiger partial charge is 0.246 e. The van der Waals surface area contributed by atoms with E-state index in [1.165, 1.54) is 6.08 Å². The third-order valence-electron chi connectivity index (χ3n) is 7.11. The molecule has 1 atom stereocenters. The maximum absolute atomic E-state index is 12.7. The minimum atomic E-state index is -0.540. The second kappa shape index (κ2) is 7.66. The fraction of sp³-hybridized carbons (Fsp3) is 0.385. The molecule has 0 aromatic heterocycles. The van der Waals surface area contributed by atoms with Crippen LogP contribution in [0.2, 0.25) is 5.02 Å². The van der Waals surface area contributed by atoms with Crippen molar-refractivity contribution in [1.82, 2.24) is 4.90 Å². The van der Waals surface area contributed by atoms with E-state index in [9.17, 15) is 9.59 Å². The van der Waals surface area contributed by atoms with Gasteiger partial charge in [0.2, 0.25) is 11.8 Å². The quantitative estimate of drug-likeness (QED) is 0.670. The van der Waals surface area contributed by atoms with Gasteiger partial charge in [0.1, 0.15) is 0 Å². The highest BCUT2D eigenvalue weighted by molar-refractivity contribution is 6.32. The second-order valence-corrected chi connectivity index (χ2v) is 9.89. The first kappa shape index (κ1) is 22.4. The van der Waals surface area contributed by atoms with Crippen molar-refractivity contribution in [2.45, 2.75) is 45.1 Å².